The lowest BCUT2D eigenvalue weighted by atomic mass is 10.0. The highest BCUT2D eigenvalue weighted by molar-refractivity contribution is 5.83. The molecule has 2 aromatic carbocycles. The predicted octanol–water partition coefficient (Wildman–Crippen LogP) is 4.43. The maximum Gasteiger partial charge on any atom is 0.119 e. The summed E-state index contributed by atoms with van der Waals surface area (Å²) in [6.07, 6.45) is 5.09. The normalized spacial score (nSPS) is 15.8. The zero-order valence-corrected chi connectivity index (χ0v) is 20.3. The highest BCUT2D eigenvalue weighted by Gasteiger charge is 2.22. The number of aliphatic hydroxyl groups is 1. The molecule has 0 saturated carbocycles. The summed E-state index contributed by atoms with van der Waals surface area (Å²) in [5, 5.41) is 15.6. The van der Waals surface area contributed by atoms with E-state index < -0.39 is 6.10 Å². The Morgan fingerprint density at radius 3 is 2.68 bits per heavy atom. The summed E-state index contributed by atoms with van der Waals surface area (Å²) in [6, 6.07) is 14.6. The fraction of sp³-hybridized carbons (Fsp3) is 0.407. The molecular weight excluding hydrogens is 426 g/mol. The first-order valence-corrected chi connectivity index (χ1v) is 12.2. The number of piperidine rings is 1. The van der Waals surface area contributed by atoms with Crippen LogP contribution in [0, 0.1) is 0 Å². The highest BCUT2D eigenvalue weighted by Crippen LogP contribution is 2.27. The Balaban J connectivity index is 0.00000133. The molecular formula is C27H35N5O2. The van der Waals surface area contributed by atoms with Crippen molar-refractivity contribution < 1.29 is 9.84 Å². The number of aromatic nitrogens is 3. The van der Waals surface area contributed by atoms with Crippen molar-refractivity contribution in [3.63, 3.8) is 0 Å². The van der Waals surface area contributed by atoms with Gasteiger partial charge in [-0.05, 0) is 73.5 Å². The van der Waals surface area contributed by atoms with Crippen molar-refractivity contribution in [3.8, 4) is 5.75 Å². The number of H-pyrrole nitrogens is 1. The van der Waals surface area contributed by atoms with Gasteiger partial charge >= 0.3 is 0 Å². The van der Waals surface area contributed by atoms with E-state index in [1.54, 1.807) is 19.6 Å². The van der Waals surface area contributed by atoms with Gasteiger partial charge in [0.15, 0.2) is 0 Å². The monoisotopic (exact) mass is 461 g/mol. The van der Waals surface area contributed by atoms with Gasteiger partial charge in [-0.15, -0.1) is 0 Å². The van der Waals surface area contributed by atoms with Crippen molar-refractivity contribution in [2.45, 2.75) is 45.4 Å². The van der Waals surface area contributed by atoms with E-state index in [0.29, 0.717) is 12.6 Å². The van der Waals surface area contributed by atoms with Crippen LogP contribution in [0.4, 0.5) is 0 Å². The molecule has 4 aromatic rings. The number of rotatable bonds is 7. The largest absolute Gasteiger partial charge is 0.497 e. The van der Waals surface area contributed by atoms with Gasteiger partial charge in [-0.3, -0.25) is 4.98 Å². The van der Waals surface area contributed by atoms with Crippen LogP contribution in [0.1, 0.15) is 43.9 Å². The molecule has 0 spiro atoms. The summed E-state index contributed by atoms with van der Waals surface area (Å²) in [7, 11) is 1.65. The van der Waals surface area contributed by atoms with Gasteiger partial charge < -0.3 is 25.0 Å². The summed E-state index contributed by atoms with van der Waals surface area (Å²) in [5.74, 6) is 0.775. The minimum atomic E-state index is -0.557. The van der Waals surface area contributed by atoms with E-state index in [9.17, 15) is 5.11 Å². The maximum absolute atomic E-state index is 11.0. The maximum atomic E-state index is 11.0. The number of pyridine rings is 1. The number of nitrogens with one attached hydrogen (secondary N) is 2. The molecule has 180 valence electrons. The second-order valence-electron chi connectivity index (χ2n) is 8.51. The molecule has 5 rings (SSSR count). The van der Waals surface area contributed by atoms with Crippen LogP contribution in [0.15, 0.2) is 55.0 Å². The van der Waals surface area contributed by atoms with Gasteiger partial charge in [-0.2, -0.15) is 0 Å². The first kappa shape index (κ1) is 24.1. The number of β-amino-alcohol motifs (C(OH)–C–C–N with tert-alkyl or cyclic N) is 1. The average molecular weight is 462 g/mol. The van der Waals surface area contributed by atoms with Gasteiger partial charge in [-0.25, -0.2) is 4.98 Å². The molecule has 0 bridgehead atoms. The van der Waals surface area contributed by atoms with E-state index in [-0.39, 0.29) is 0 Å². The van der Waals surface area contributed by atoms with Crippen LogP contribution < -0.4 is 10.1 Å². The van der Waals surface area contributed by atoms with Gasteiger partial charge in [-0.1, -0.05) is 19.9 Å². The van der Waals surface area contributed by atoms with Crippen LogP contribution in [0.2, 0.25) is 0 Å². The van der Waals surface area contributed by atoms with Crippen molar-refractivity contribution in [3.05, 3.63) is 66.1 Å². The summed E-state index contributed by atoms with van der Waals surface area (Å²) >= 11 is 0. The van der Waals surface area contributed by atoms with Gasteiger partial charge in [0.2, 0.25) is 0 Å². The standard InChI is InChI=1S/C25H29N5O2.C2H6/c1-32-19-3-5-22-21(13-19)20(6-9-26-22)25(31)15-30-10-7-18(8-11-30)27-14-17-2-4-23-24(12-17)29-16-28-23;1-2/h2-6,9,12-13,16,18,25,27,31H,7-8,10-11,14-15H2,1H3,(H,28,29);1-2H3. The highest BCUT2D eigenvalue weighted by atomic mass is 16.5. The van der Waals surface area contributed by atoms with Crippen LogP contribution in [0.5, 0.6) is 5.75 Å². The number of fused-ring (bicyclic) bond motifs is 2. The van der Waals surface area contributed by atoms with E-state index in [4.69, 9.17) is 4.74 Å². The summed E-state index contributed by atoms with van der Waals surface area (Å²) in [4.78, 5) is 14.2. The Morgan fingerprint density at radius 1 is 1.09 bits per heavy atom. The summed E-state index contributed by atoms with van der Waals surface area (Å²) in [6.45, 7) is 7.42. The van der Waals surface area contributed by atoms with E-state index in [1.165, 1.54) is 5.56 Å². The Morgan fingerprint density at radius 2 is 1.88 bits per heavy atom. The molecule has 3 N–H and O–H groups in total. The number of hydrogen-bond acceptors (Lipinski definition) is 6. The predicted molar refractivity (Wildman–Crippen MR) is 137 cm³/mol. The third kappa shape index (κ3) is 5.55. The molecule has 1 atom stereocenters. The molecule has 1 aliphatic rings. The lowest BCUT2D eigenvalue weighted by Crippen LogP contribution is -2.43. The van der Waals surface area contributed by atoms with Crippen molar-refractivity contribution in [2.75, 3.05) is 26.7 Å². The molecule has 7 nitrogen and oxygen atoms in total. The molecule has 0 amide bonds. The first-order chi connectivity index (χ1) is 16.7. The molecule has 1 aliphatic heterocycles. The number of aromatic amines is 1. The first-order valence-electron chi connectivity index (χ1n) is 12.2. The average Bonchev–Trinajstić information content (AvgIpc) is 3.37. The van der Waals surface area contributed by atoms with Crippen molar-refractivity contribution in [2.24, 2.45) is 0 Å². The van der Waals surface area contributed by atoms with E-state index in [2.05, 4.69) is 43.4 Å². The van der Waals surface area contributed by atoms with Gasteiger partial charge in [0.25, 0.3) is 0 Å². The Hall–Kier alpha value is -3.00. The number of benzene rings is 2. The minimum Gasteiger partial charge on any atom is -0.497 e. The van der Waals surface area contributed by atoms with Crippen LogP contribution in [0.3, 0.4) is 0 Å². The minimum absolute atomic E-state index is 0.492. The number of ether oxygens (including phenoxy) is 1. The number of nitrogens with zero attached hydrogens (tertiary/aromatic N) is 3. The molecule has 1 fully saturated rings. The molecule has 2 aromatic heterocycles. The second kappa shape index (κ2) is 11.4. The zero-order valence-electron chi connectivity index (χ0n) is 20.3. The lowest BCUT2D eigenvalue weighted by Gasteiger charge is -2.33. The smallest absolute Gasteiger partial charge is 0.119 e. The quantitative estimate of drug-likeness (QED) is 0.377. The van der Waals surface area contributed by atoms with E-state index in [0.717, 1.165) is 65.7 Å². The second-order valence-corrected chi connectivity index (χ2v) is 8.51. The van der Waals surface area contributed by atoms with E-state index in [1.807, 2.05) is 38.1 Å². The molecule has 1 saturated heterocycles. The Labute approximate surface area is 201 Å². The van der Waals surface area contributed by atoms with Crippen LogP contribution in [0.25, 0.3) is 21.9 Å². The molecule has 1 unspecified atom stereocenters. The molecule has 34 heavy (non-hydrogen) atoms. The molecule has 0 aliphatic carbocycles. The fourth-order valence-electron chi connectivity index (χ4n) is 4.58. The van der Waals surface area contributed by atoms with Crippen molar-refractivity contribution >= 4 is 21.9 Å². The third-order valence-electron chi connectivity index (χ3n) is 6.44. The Kier molecular flexibility index (Phi) is 8.11. The van der Waals surface area contributed by atoms with Crippen LogP contribution >= 0.6 is 0 Å². The number of likely N-dealkylation sites (tertiary alicyclic amines) is 1. The zero-order chi connectivity index (χ0) is 23.9. The van der Waals surface area contributed by atoms with Crippen LogP contribution in [-0.2, 0) is 6.54 Å². The number of hydrogen-bond donors (Lipinski definition) is 3. The summed E-state index contributed by atoms with van der Waals surface area (Å²) in [5.41, 5.74) is 5.12. The number of aliphatic hydroxyl groups excluding tert-OH is 1. The molecule has 7 heteroatoms. The van der Waals surface area contributed by atoms with E-state index >= 15 is 0 Å². The SMILES string of the molecule is CC.COc1ccc2nccc(C(O)CN3CCC(NCc4ccc5nc[nH]c5c4)CC3)c2c1. The fourth-order valence-corrected chi connectivity index (χ4v) is 4.58. The number of imidazole rings is 1. The Bertz CT molecular complexity index is 1200. The van der Waals surface area contributed by atoms with Gasteiger partial charge in [0.1, 0.15) is 5.75 Å². The van der Waals surface area contributed by atoms with Crippen molar-refractivity contribution in [1.82, 2.24) is 25.2 Å². The third-order valence-corrected chi connectivity index (χ3v) is 6.44. The summed E-state index contributed by atoms with van der Waals surface area (Å²) < 4.78 is 5.36. The van der Waals surface area contributed by atoms with Crippen molar-refractivity contribution in [1.29, 1.82) is 0 Å². The molecule has 3 heterocycles. The number of methoxy groups -OCH3 is 1. The van der Waals surface area contributed by atoms with Gasteiger partial charge in [0, 0.05) is 30.7 Å². The lowest BCUT2D eigenvalue weighted by molar-refractivity contribution is 0.0949. The van der Waals surface area contributed by atoms with Crippen LogP contribution in [-0.4, -0.2) is 57.7 Å². The van der Waals surface area contributed by atoms with Gasteiger partial charge in [0.05, 0.1) is 36.1 Å². The molecule has 0 radical (unpaired) electrons. The topological polar surface area (TPSA) is 86.3 Å².